The van der Waals surface area contributed by atoms with Crippen LogP contribution in [-0.2, 0) is 0 Å². The molecule has 136 valence electrons. The molecule has 0 heterocycles. The molecule has 2 aromatic carbocycles. The molecule has 5 nitrogen and oxygen atoms in total. The molecule has 0 bridgehead atoms. The van der Waals surface area contributed by atoms with Gasteiger partial charge in [0.15, 0.2) is 0 Å². The van der Waals surface area contributed by atoms with E-state index < -0.39 is 10.4 Å². The molecule has 1 aliphatic rings. The number of carbonyl (C=O) groups is 2. The van der Waals surface area contributed by atoms with Crippen molar-refractivity contribution < 1.29 is 9.59 Å². The molecule has 7 heteroatoms. The fraction of sp³-hybridized carbons (Fsp3) is 0.263. The van der Waals surface area contributed by atoms with Gasteiger partial charge in [0.25, 0.3) is 5.91 Å². The van der Waals surface area contributed by atoms with Gasteiger partial charge in [-0.25, -0.2) is 4.79 Å². The predicted octanol–water partition coefficient (Wildman–Crippen LogP) is 4.64. The number of para-hydroxylation sites is 2. The van der Waals surface area contributed by atoms with E-state index in [0.717, 1.165) is 12.8 Å². The summed E-state index contributed by atoms with van der Waals surface area (Å²) < 4.78 is -0.639. The normalized spacial score (nSPS) is 17.2. The molecule has 3 N–H and O–H groups in total. The van der Waals surface area contributed by atoms with Gasteiger partial charge in [-0.15, -0.1) is 23.2 Å². The third kappa shape index (κ3) is 4.90. The lowest BCUT2D eigenvalue weighted by atomic mass is 10.1. The number of urea groups is 1. The standard InChI is InChI=1S/C19H19Cl2N3O2/c20-19(21)12-13(19)10-11-22-17(25)15-8-4-5-9-16(15)24-18(26)23-14-6-2-1-3-7-14/h1-9,13H,10-12H2,(H,22,25)(H2,23,24,26). The van der Waals surface area contributed by atoms with E-state index in [4.69, 9.17) is 23.2 Å². The van der Waals surface area contributed by atoms with E-state index in [0.29, 0.717) is 23.5 Å². The van der Waals surface area contributed by atoms with Gasteiger partial charge in [0.2, 0.25) is 0 Å². The maximum Gasteiger partial charge on any atom is 0.323 e. The summed E-state index contributed by atoms with van der Waals surface area (Å²) in [5.41, 5.74) is 1.51. The van der Waals surface area contributed by atoms with E-state index in [1.54, 1.807) is 36.4 Å². The van der Waals surface area contributed by atoms with Crippen LogP contribution in [0.1, 0.15) is 23.2 Å². The monoisotopic (exact) mass is 391 g/mol. The van der Waals surface area contributed by atoms with Crippen LogP contribution in [0.2, 0.25) is 0 Å². The molecule has 0 spiro atoms. The van der Waals surface area contributed by atoms with Gasteiger partial charge in [0.05, 0.1) is 11.3 Å². The van der Waals surface area contributed by atoms with Crippen molar-refractivity contribution in [3.63, 3.8) is 0 Å². The van der Waals surface area contributed by atoms with Crippen LogP contribution in [-0.4, -0.2) is 22.8 Å². The second kappa shape index (κ2) is 7.98. The van der Waals surface area contributed by atoms with Gasteiger partial charge in [0.1, 0.15) is 4.33 Å². The highest BCUT2D eigenvalue weighted by Gasteiger charge is 2.50. The van der Waals surface area contributed by atoms with Crippen molar-refractivity contribution in [2.24, 2.45) is 5.92 Å². The summed E-state index contributed by atoms with van der Waals surface area (Å²) in [6.45, 7) is 0.481. The molecule has 1 fully saturated rings. The molecule has 3 amide bonds. The Morgan fingerprint density at radius 1 is 1.00 bits per heavy atom. The molecule has 1 atom stereocenters. The second-order valence-electron chi connectivity index (χ2n) is 6.20. The maximum atomic E-state index is 12.4. The van der Waals surface area contributed by atoms with Crippen molar-refractivity contribution in [2.75, 3.05) is 17.2 Å². The summed E-state index contributed by atoms with van der Waals surface area (Å²) in [5, 5.41) is 8.28. The number of hydrogen-bond acceptors (Lipinski definition) is 2. The highest BCUT2D eigenvalue weighted by molar-refractivity contribution is 6.50. The lowest BCUT2D eigenvalue weighted by Crippen LogP contribution is -2.27. The SMILES string of the molecule is O=C(Nc1ccccc1)Nc1ccccc1C(=O)NCCC1CC1(Cl)Cl. The molecule has 0 saturated heterocycles. The molecule has 1 aliphatic carbocycles. The zero-order chi connectivity index (χ0) is 18.6. The molecule has 2 aromatic rings. The van der Waals surface area contributed by atoms with E-state index in [2.05, 4.69) is 16.0 Å². The lowest BCUT2D eigenvalue weighted by Gasteiger charge is -2.12. The van der Waals surface area contributed by atoms with Gasteiger partial charge in [-0.3, -0.25) is 4.79 Å². The Hall–Kier alpha value is -2.24. The second-order valence-corrected chi connectivity index (χ2v) is 7.74. The highest BCUT2D eigenvalue weighted by Crippen LogP contribution is 2.54. The van der Waals surface area contributed by atoms with E-state index in [-0.39, 0.29) is 11.8 Å². The Balaban J connectivity index is 1.56. The maximum absolute atomic E-state index is 12.4. The Morgan fingerprint density at radius 2 is 1.65 bits per heavy atom. The van der Waals surface area contributed by atoms with Crippen LogP contribution in [0.15, 0.2) is 54.6 Å². The number of benzene rings is 2. The molecule has 1 saturated carbocycles. The molecular weight excluding hydrogens is 373 g/mol. The minimum absolute atomic E-state index is 0.219. The Kier molecular flexibility index (Phi) is 5.69. The lowest BCUT2D eigenvalue weighted by molar-refractivity contribution is 0.0953. The van der Waals surface area contributed by atoms with Crippen LogP contribution < -0.4 is 16.0 Å². The molecule has 0 aromatic heterocycles. The number of nitrogens with one attached hydrogen (secondary N) is 3. The van der Waals surface area contributed by atoms with Crippen molar-refractivity contribution >= 4 is 46.5 Å². The number of carbonyl (C=O) groups excluding carboxylic acids is 2. The fourth-order valence-corrected chi connectivity index (χ4v) is 3.22. The van der Waals surface area contributed by atoms with Crippen LogP contribution in [0.4, 0.5) is 16.2 Å². The van der Waals surface area contributed by atoms with Gasteiger partial charge in [0, 0.05) is 12.2 Å². The third-order valence-electron chi connectivity index (χ3n) is 4.19. The largest absolute Gasteiger partial charge is 0.352 e. The average molecular weight is 392 g/mol. The van der Waals surface area contributed by atoms with Gasteiger partial charge in [-0.2, -0.15) is 0 Å². The van der Waals surface area contributed by atoms with Crippen molar-refractivity contribution in [1.29, 1.82) is 0 Å². The van der Waals surface area contributed by atoms with Crippen LogP contribution in [0, 0.1) is 5.92 Å². The number of rotatable bonds is 6. The molecule has 3 rings (SSSR count). The first-order chi connectivity index (χ1) is 12.5. The Bertz CT molecular complexity index is 796. The van der Waals surface area contributed by atoms with Gasteiger partial charge in [-0.05, 0) is 43.0 Å². The molecular formula is C19H19Cl2N3O2. The van der Waals surface area contributed by atoms with Crippen LogP contribution in [0.3, 0.4) is 0 Å². The van der Waals surface area contributed by atoms with Gasteiger partial charge < -0.3 is 16.0 Å². The summed E-state index contributed by atoms with van der Waals surface area (Å²) in [7, 11) is 0. The summed E-state index contributed by atoms with van der Waals surface area (Å²) in [6.07, 6.45) is 1.48. The fourth-order valence-electron chi connectivity index (χ4n) is 2.63. The summed E-state index contributed by atoms with van der Waals surface area (Å²) >= 11 is 12.0. The quantitative estimate of drug-likeness (QED) is 0.627. The summed E-state index contributed by atoms with van der Waals surface area (Å²) in [6, 6.07) is 15.5. The first-order valence-electron chi connectivity index (χ1n) is 8.34. The zero-order valence-electron chi connectivity index (χ0n) is 14.0. The van der Waals surface area contributed by atoms with E-state index >= 15 is 0 Å². The predicted molar refractivity (Wildman–Crippen MR) is 105 cm³/mol. The smallest absolute Gasteiger partial charge is 0.323 e. The molecule has 26 heavy (non-hydrogen) atoms. The van der Waals surface area contributed by atoms with Crippen molar-refractivity contribution in [2.45, 2.75) is 17.2 Å². The Morgan fingerprint density at radius 3 is 2.35 bits per heavy atom. The number of amides is 3. The van der Waals surface area contributed by atoms with Crippen molar-refractivity contribution in [3.8, 4) is 0 Å². The number of halogens is 2. The first kappa shape index (κ1) is 18.5. The average Bonchev–Trinajstić information content (AvgIpc) is 3.22. The summed E-state index contributed by atoms with van der Waals surface area (Å²) in [4.78, 5) is 24.6. The van der Waals surface area contributed by atoms with E-state index in [1.807, 2.05) is 18.2 Å². The van der Waals surface area contributed by atoms with Crippen LogP contribution >= 0.6 is 23.2 Å². The molecule has 0 aliphatic heterocycles. The van der Waals surface area contributed by atoms with Crippen LogP contribution in [0.25, 0.3) is 0 Å². The van der Waals surface area contributed by atoms with Crippen molar-refractivity contribution in [1.82, 2.24) is 5.32 Å². The first-order valence-corrected chi connectivity index (χ1v) is 9.09. The Labute approximate surface area is 162 Å². The zero-order valence-corrected chi connectivity index (χ0v) is 15.5. The minimum Gasteiger partial charge on any atom is -0.352 e. The third-order valence-corrected chi connectivity index (χ3v) is 5.11. The topological polar surface area (TPSA) is 70.2 Å². The highest BCUT2D eigenvalue weighted by atomic mass is 35.5. The molecule has 0 radical (unpaired) electrons. The molecule has 1 unspecified atom stereocenters. The van der Waals surface area contributed by atoms with Gasteiger partial charge >= 0.3 is 6.03 Å². The number of hydrogen-bond donors (Lipinski definition) is 3. The van der Waals surface area contributed by atoms with Gasteiger partial charge in [-0.1, -0.05) is 30.3 Å². The van der Waals surface area contributed by atoms with E-state index in [9.17, 15) is 9.59 Å². The van der Waals surface area contributed by atoms with Crippen LogP contribution in [0.5, 0.6) is 0 Å². The van der Waals surface area contributed by atoms with Crippen molar-refractivity contribution in [3.05, 3.63) is 60.2 Å². The summed E-state index contributed by atoms with van der Waals surface area (Å²) in [5.74, 6) is -0.0350. The minimum atomic E-state index is -0.639. The van der Waals surface area contributed by atoms with E-state index in [1.165, 1.54) is 0 Å². The number of anilines is 2. The number of alkyl halides is 2.